The topological polar surface area (TPSA) is 52.6 Å². The predicted octanol–water partition coefficient (Wildman–Crippen LogP) is 3.72. The van der Waals surface area contributed by atoms with Crippen molar-refractivity contribution in [2.24, 2.45) is 0 Å². The first-order valence-electron chi connectivity index (χ1n) is 5.96. The number of carbonyl (C=O) groups excluding carboxylic acids is 1. The minimum Gasteiger partial charge on any atom is -0.312 e. The lowest BCUT2D eigenvalue weighted by Crippen LogP contribution is -2.08. The Morgan fingerprint density at radius 2 is 1.79 bits per heavy atom. The number of halogens is 1. The summed E-state index contributed by atoms with van der Waals surface area (Å²) in [6.45, 7) is 0. The van der Waals surface area contributed by atoms with Crippen LogP contribution in [0.2, 0.25) is 5.02 Å². The van der Waals surface area contributed by atoms with Crippen LogP contribution in [0.4, 0.5) is 0 Å². The standard InChI is InChI=1S/C13H18ClO4P/c1-17-19(16,18-2)10-13(15)5-3-4-11-6-8-12(14)9-7-11/h6-9H,3-5,10H2,1-2H3. The zero-order chi connectivity index (χ0) is 14.3. The molecule has 1 rings (SSSR count). The lowest BCUT2D eigenvalue weighted by atomic mass is 10.1. The molecule has 0 aliphatic rings. The molecule has 0 saturated carbocycles. The molecule has 0 spiro atoms. The molecule has 0 fully saturated rings. The van der Waals surface area contributed by atoms with Gasteiger partial charge in [0.05, 0.1) is 0 Å². The van der Waals surface area contributed by atoms with Gasteiger partial charge < -0.3 is 9.05 Å². The second-order valence-electron chi connectivity index (χ2n) is 4.15. The molecule has 0 bridgehead atoms. The van der Waals surface area contributed by atoms with Crippen LogP contribution in [-0.2, 0) is 24.8 Å². The first-order valence-corrected chi connectivity index (χ1v) is 8.06. The molecular weight excluding hydrogens is 287 g/mol. The summed E-state index contributed by atoms with van der Waals surface area (Å²) in [5.41, 5.74) is 1.12. The number of aryl methyl sites for hydroxylation is 1. The highest BCUT2D eigenvalue weighted by atomic mass is 35.5. The highest BCUT2D eigenvalue weighted by Gasteiger charge is 2.24. The zero-order valence-electron chi connectivity index (χ0n) is 11.1. The van der Waals surface area contributed by atoms with Crippen molar-refractivity contribution in [1.82, 2.24) is 0 Å². The molecule has 1 aromatic carbocycles. The zero-order valence-corrected chi connectivity index (χ0v) is 12.7. The third kappa shape index (κ3) is 5.87. The van der Waals surface area contributed by atoms with Gasteiger partial charge in [-0.05, 0) is 30.5 Å². The van der Waals surface area contributed by atoms with Gasteiger partial charge in [-0.1, -0.05) is 23.7 Å². The lowest BCUT2D eigenvalue weighted by Gasteiger charge is -2.12. The van der Waals surface area contributed by atoms with E-state index in [0.29, 0.717) is 17.9 Å². The van der Waals surface area contributed by atoms with Crippen LogP contribution in [0.5, 0.6) is 0 Å². The van der Waals surface area contributed by atoms with Crippen LogP contribution in [0.25, 0.3) is 0 Å². The maximum absolute atomic E-state index is 11.8. The van der Waals surface area contributed by atoms with Crippen LogP contribution in [0.1, 0.15) is 18.4 Å². The van der Waals surface area contributed by atoms with Crippen molar-refractivity contribution >= 4 is 25.0 Å². The fourth-order valence-electron chi connectivity index (χ4n) is 1.64. The Balaban J connectivity index is 2.35. The first kappa shape index (κ1) is 16.4. The van der Waals surface area contributed by atoms with Gasteiger partial charge in [0.15, 0.2) is 0 Å². The highest BCUT2D eigenvalue weighted by Crippen LogP contribution is 2.46. The van der Waals surface area contributed by atoms with Crippen molar-refractivity contribution in [1.29, 1.82) is 0 Å². The number of ketones is 1. The quantitative estimate of drug-likeness (QED) is 0.687. The average Bonchev–Trinajstić information content (AvgIpc) is 2.41. The van der Waals surface area contributed by atoms with Crippen molar-refractivity contribution in [3.05, 3.63) is 34.9 Å². The van der Waals surface area contributed by atoms with Gasteiger partial charge in [0.1, 0.15) is 11.9 Å². The van der Waals surface area contributed by atoms with E-state index in [0.717, 1.165) is 12.0 Å². The minimum atomic E-state index is -3.22. The number of Topliss-reactive ketones (excluding diaryl/α,β-unsaturated/α-hetero) is 1. The van der Waals surface area contributed by atoms with Crippen LogP contribution in [0.3, 0.4) is 0 Å². The van der Waals surface area contributed by atoms with E-state index < -0.39 is 7.60 Å². The second kappa shape index (κ2) is 7.81. The summed E-state index contributed by atoms with van der Waals surface area (Å²) in [6, 6.07) is 7.51. The normalized spacial score (nSPS) is 11.5. The Morgan fingerprint density at radius 3 is 2.32 bits per heavy atom. The lowest BCUT2D eigenvalue weighted by molar-refractivity contribution is -0.117. The molecule has 19 heavy (non-hydrogen) atoms. The van der Waals surface area contributed by atoms with Crippen LogP contribution in [0.15, 0.2) is 24.3 Å². The van der Waals surface area contributed by atoms with Crippen molar-refractivity contribution < 1.29 is 18.4 Å². The van der Waals surface area contributed by atoms with Gasteiger partial charge in [-0.3, -0.25) is 9.36 Å². The molecule has 106 valence electrons. The highest BCUT2D eigenvalue weighted by molar-refractivity contribution is 7.54. The van der Waals surface area contributed by atoms with Crippen molar-refractivity contribution in [3.63, 3.8) is 0 Å². The van der Waals surface area contributed by atoms with E-state index in [4.69, 9.17) is 20.6 Å². The molecule has 1 aromatic rings. The molecule has 0 aromatic heterocycles. The van der Waals surface area contributed by atoms with Crippen molar-refractivity contribution in [2.45, 2.75) is 19.3 Å². The number of benzene rings is 1. The third-order valence-electron chi connectivity index (χ3n) is 2.76. The fourth-order valence-corrected chi connectivity index (χ4v) is 2.76. The SMILES string of the molecule is COP(=O)(CC(=O)CCCc1ccc(Cl)cc1)OC. The number of rotatable bonds is 8. The molecule has 0 aliphatic heterocycles. The fraction of sp³-hybridized carbons (Fsp3) is 0.462. The summed E-state index contributed by atoms with van der Waals surface area (Å²) >= 11 is 5.79. The molecule has 4 nitrogen and oxygen atoms in total. The molecule has 0 radical (unpaired) electrons. The molecule has 0 unspecified atom stereocenters. The predicted molar refractivity (Wildman–Crippen MR) is 75.9 cm³/mol. The van der Waals surface area contributed by atoms with E-state index in [1.165, 1.54) is 14.2 Å². The monoisotopic (exact) mass is 304 g/mol. The summed E-state index contributed by atoms with van der Waals surface area (Å²) in [5.74, 6) is -0.110. The third-order valence-corrected chi connectivity index (χ3v) is 4.87. The second-order valence-corrected chi connectivity index (χ2v) is 6.86. The molecular formula is C13H18ClO4P. The minimum absolute atomic E-state index is 0.110. The Bertz CT molecular complexity index is 450. The van der Waals surface area contributed by atoms with Crippen LogP contribution < -0.4 is 0 Å². The Morgan fingerprint density at radius 1 is 1.21 bits per heavy atom. The summed E-state index contributed by atoms with van der Waals surface area (Å²) in [7, 11) is -0.657. The largest absolute Gasteiger partial charge is 0.337 e. The molecule has 0 aliphatic carbocycles. The molecule has 0 N–H and O–H groups in total. The van der Waals surface area contributed by atoms with Gasteiger partial charge in [-0.2, -0.15) is 0 Å². The van der Waals surface area contributed by atoms with E-state index in [9.17, 15) is 9.36 Å². The molecule has 6 heteroatoms. The van der Waals surface area contributed by atoms with E-state index in [-0.39, 0.29) is 11.9 Å². The first-order chi connectivity index (χ1) is 8.99. The van der Waals surface area contributed by atoms with Gasteiger partial charge >= 0.3 is 7.60 Å². The Hall–Kier alpha value is -0.670. The van der Waals surface area contributed by atoms with Gasteiger partial charge in [-0.25, -0.2) is 0 Å². The maximum Gasteiger partial charge on any atom is 0.337 e. The van der Waals surface area contributed by atoms with Crippen LogP contribution >= 0.6 is 19.2 Å². The molecule has 0 saturated heterocycles. The van der Waals surface area contributed by atoms with Crippen molar-refractivity contribution in [3.8, 4) is 0 Å². The average molecular weight is 305 g/mol. The van der Waals surface area contributed by atoms with Gasteiger partial charge in [0.2, 0.25) is 0 Å². The molecule has 0 atom stereocenters. The summed E-state index contributed by atoms with van der Waals surface area (Å²) in [6.07, 6.45) is 1.68. The Labute approximate surface area is 118 Å². The number of carbonyl (C=O) groups is 1. The van der Waals surface area contributed by atoms with Crippen LogP contribution in [0, 0.1) is 0 Å². The van der Waals surface area contributed by atoms with Gasteiger partial charge in [0.25, 0.3) is 0 Å². The number of hydrogen-bond acceptors (Lipinski definition) is 4. The summed E-state index contributed by atoms with van der Waals surface area (Å²) < 4.78 is 21.2. The van der Waals surface area contributed by atoms with E-state index in [1.54, 1.807) is 0 Å². The van der Waals surface area contributed by atoms with Crippen molar-refractivity contribution in [2.75, 3.05) is 20.4 Å². The smallest absolute Gasteiger partial charge is 0.312 e. The molecule has 0 heterocycles. The van der Waals surface area contributed by atoms with Crippen LogP contribution in [-0.4, -0.2) is 26.2 Å². The number of hydrogen-bond donors (Lipinski definition) is 0. The maximum atomic E-state index is 11.8. The van der Waals surface area contributed by atoms with E-state index in [2.05, 4.69) is 0 Å². The van der Waals surface area contributed by atoms with E-state index >= 15 is 0 Å². The molecule has 0 amide bonds. The summed E-state index contributed by atoms with van der Waals surface area (Å²) in [5, 5.41) is 0.695. The Kier molecular flexibility index (Phi) is 6.73. The summed E-state index contributed by atoms with van der Waals surface area (Å²) in [4.78, 5) is 11.7. The van der Waals surface area contributed by atoms with Gasteiger partial charge in [-0.15, -0.1) is 0 Å². The van der Waals surface area contributed by atoms with Gasteiger partial charge in [0, 0.05) is 25.7 Å². The van der Waals surface area contributed by atoms with E-state index in [1.807, 2.05) is 24.3 Å².